The number of rotatable bonds is 10. The number of aromatic nitrogens is 2. The quantitative estimate of drug-likeness (QED) is 0.249. The van der Waals surface area contributed by atoms with Crippen molar-refractivity contribution < 1.29 is 4.92 Å². The van der Waals surface area contributed by atoms with Gasteiger partial charge in [0.05, 0.1) is 17.8 Å². The van der Waals surface area contributed by atoms with Crippen molar-refractivity contribution in [2.24, 2.45) is 0 Å². The summed E-state index contributed by atoms with van der Waals surface area (Å²) in [5.74, 6) is -0.102. The van der Waals surface area contributed by atoms with Crippen molar-refractivity contribution >= 4 is 37.7 Å². The van der Waals surface area contributed by atoms with E-state index in [1.54, 1.807) is 10.9 Å². The van der Waals surface area contributed by atoms with Crippen molar-refractivity contribution in [2.45, 2.75) is 51.5 Å². The molecule has 0 aliphatic heterocycles. The molecule has 0 N–H and O–H groups in total. The van der Waals surface area contributed by atoms with E-state index in [-0.39, 0.29) is 5.82 Å². The van der Waals surface area contributed by atoms with Gasteiger partial charge in [-0.25, -0.2) is 0 Å². The van der Waals surface area contributed by atoms with Crippen LogP contribution in [-0.2, 0) is 6.54 Å². The Labute approximate surface area is 130 Å². The van der Waals surface area contributed by atoms with E-state index in [0.29, 0.717) is 4.47 Å². The Morgan fingerprint density at radius 2 is 1.74 bits per heavy atom. The minimum atomic E-state index is -0.468. The smallest absolute Gasteiger partial charge is 0.358 e. The topological polar surface area (TPSA) is 61.0 Å². The fourth-order valence-electron chi connectivity index (χ4n) is 1.88. The third-order valence-electron chi connectivity index (χ3n) is 2.89. The molecule has 1 aromatic rings. The standard InChI is InChI=1S/C12H19Br2N3O2/c13-8-6-4-2-1-3-5-7-9-16-10-11(14)12(15-16)17(18)19/h10H,1-9H2. The summed E-state index contributed by atoms with van der Waals surface area (Å²) in [6.07, 6.45) is 10.2. The number of nitrogens with zero attached hydrogens (tertiary/aromatic N) is 3. The molecule has 1 aromatic heterocycles. The average Bonchev–Trinajstić information content (AvgIpc) is 2.74. The molecule has 0 fully saturated rings. The highest BCUT2D eigenvalue weighted by Crippen LogP contribution is 2.22. The molecular weight excluding hydrogens is 378 g/mol. The second-order valence-electron chi connectivity index (χ2n) is 4.48. The fraction of sp³-hybridized carbons (Fsp3) is 0.750. The second-order valence-corrected chi connectivity index (χ2v) is 6.13. The molecule has 5 nitrogen and oxygen atoms in total. The first kappa shape index (κ1) is 16.6. The number of alkyl halides is 1. The fourth-order valence-corrected chi connectivity index (χ4v) is 2.73. The van der Waals surface area contributed by atoms with Gasteiger partial charge in [-0.15, -0.1) is 0 Å². The summed E-state index contributed by atoms with van der Waals surface area (Å²) in [5.41, 5.74) is 0. The Balaban J connectivity index is 2.12. The summed E-state index contributed by atoms with van der Waals surface area (Å²) in [7, 11) is 0. The van der Waals surface area contributed by atoms with Gasteiger partial charge in [0, 0.05) is 5.33 Å². The van der Waals surface area contributed by atoms with Crippen LogP contribution < -0.4 is 0 Å². The average molecular weight is 397 g/mol. The minimum Gasteiger partial charge on any atom is -0.358 e. The Kier molecular flexibility index (Phi) is 8.29. The molecule has 0 aliphatic rings. The molecule has 0 bridgehead atoms. The summed E-state index contributed by atoms with van der Waals surface area (Å²) in [6, 6.07) is 0. The van der Waals surface area contributed by atoms with Crippen LogP contribution in [0.25, 0.3) is 0 Å². The number of unbranched alkanes of at least 4 members (excludes halogenated alkanes) is 6. The zero-order valence-corrected chi connectivity index (χ0v) is 14.0. The maximum atomic E-state index is 10.6. The molecule has 19 heavy (non-hydrogen) atoms. The first-order valence-corrected chi connectivity index (χ1v) is 8.50. The van der Waals surface area contributed by atoms with E-state index in [1.165, 1.54) is 32.1 Å². The molecule has 0 saturated carbocycles. The maximum Gasteiger partial charge on any atom is 0.404 e. The van der Waals surface area contributed by atoms with Crippen LogP contribution in [0.5, 0.6) is 0 Å². The van der Waals surface area contributed by atoms with E-state index < -0.39 is 4.92 Å². The summed E-state index contributed by atoms with van der Waals surface area (Å²) < 4.78 is 2.10. The SMILES string of the molecule is O=[N+]([O-])c1nn(CCCCCCCCCBr)cc1Br. The number of hydrogen-bond acceptors (Lipinski definition) is 3. The molecule has 0 aromatic carbocycles. The number of halogens is 2. The van der Waals surface area contributed by atoms with Crippen LogP contribution in [0.15, 0.2) is 10.7 Å². The summed E-state index contributed by atoms with van der Waals surface area (Å²) in [6.45, 7) is 0.744. The van der Waals surface area contributed by atoms with Crippen molar-refractivity contribution in [1.82, 2.24) is 9.78 Å². The van der Waals surface area contributed by atoms with Gasteiger partial charge in [-0.1, -0.05) is 48.0 Å². The van der Waals surface area contributed by atoms with E-state index in [4.69, 9.17) is 0 Å². The molecule has 0 saturated heterocycles. The van der Waals surface area contributed by atoms with E-state index in [1.807, 2.05) is 0 Å². The van der Waals surface area contributed by atoms with Crippen LogP contribution in [0, 0.1) is 10.1 Å². The Bertz CT molecular complexity index is 396. The monoisotopic (exact) mass is 395 g/mol. The number of hydrogen-bond donors (Lipinski definition) is 0. The molecule has 1 heterocycles. The molecule has 1 rings (SSSR count). The number of nitro groups is 1. The van der Waals surface area contributed by atoms with Gasteiger partial charge in [-0.3, -0.25) is 0 Å². The lowest BCUT2D eigenvalue weighted by molar-refractivity contribution is -0.390. The lowest BCUT2D eigenvalue weighted by Gasteiger charge is -2.00. The van der Waals surface area contributed by atoms with Gasteiger partial charge in [0.1, 0.15) is 4.47 Å². The predicted molar refractivity (Wildman–Crippen MR) is 82.7 cm³/mol. The van der Waals surface area contributed by atoms with Crippen molar-refractivity contribution in [2.75, 3.05) is 5.33 Å². The third-order valence-corrected chi connectivity index (χ3v) is 4.01. The Hall–Kier alpha value is -0.430. The van der Waals surface area contributed by atoms with Gasteiger partial charge < -0.3 is 10.1 Å². The third kappa shape index (κ3) is 6.51. The van der Waals surface area contributed by atoms with Crippen LogP contribution in [0.1, 0.15) is 44.9 Å². The van der Waals surface area contributed by atoms with Crippen LogP contribution in [0.3, 0.4) is 0 Å². The highest BCUT2D eigenvalue weighted by atomic mass is 79.9. The van der Waals surface area contributed by atoms with Gasteiger partial charge in [0.2, 0.25) is 0 Å². The predicted octanol–water partition coefficient (Wildman–Crippen LogP) is 4.68. The molecule has 108 valence electrons. The van der Waals surface area contributed by atoms with Gasteiger partial charge in [0.25, 0.3) is 0 Å². The normalized spacial score (nSPS) is 10.8. The molecule has 0 atom stereocenters. The molecule has 0 spiro atoms. The Morgan fingerprint density at radius 3 is 2.26 bits per heavy atom. The van der Waals surface area contributed by atoms with Gasteiger partial charge in [0.15, 0.2) is 0 Å². The first-order valence-electron chi connectivity index (χ1n) is 6.58. The zero-order valence-electron chi connectivity index (χ0n) is 10.9. The summed E-state index contributed by atoms with van der Waals surface area (Å²) >= 11 is 6.57. The highest BCUT2D eigenvalue weighted by Gasteiger charge is 2.17. The first-order chi connectivity index (χ1) is 9.15. The van der Waals surface area contributed by atoms with Crippen molar-refractivity contribution in [3.8, 4) is 0 Å². The van der Waals surface area contributed by atoms with Gasteiger partial charge in [-0.2, -0.15) is 4.68 Å². The van der Waals surface area contributed by atoms with Crippen molar-refractivity contribution in [3.63, 3.8) is 0 Å². The molecule has 7 heteroatoms. The van der Waals surface area contributed by atoms with Gasteiger partial charge in [-0.05, 0) is 33.7 Å². The summed E-state index contributed by atoms with van der Waals surface area (Å²) in [4.78, 5) is 10.2. The Morgan fingerprint density at radius 1 is 1.16 bits per heavy atom. The van der Waals surface area contributed by atoms with E-state index in [9.17, 15) is 10.1 Å². The second kappa shape index (κ2) is 9.47. The molecule has 0 radical (unpaired) electrons. The lowest BCUT2D eigenvalue weighted by Crippen LogP contribution is -1.99. The van der Waals surface area contributed by atoms with Crippen molar-refractivity contribution in [1.29, 1.82) is 0 Å². The van der Waals surface area contributed by atoms with Gasteiger partial charge >= 0.3 is 5.82 Å². The molecule has 0 unspecified atom stereocenters. The molecule has 0 amide bonds. The van der Waals surface area contributed by atoms with Crippen LogP contribution in [-0.4, -0.2) is 20.0 Å². The lowest BCUT2D eigenvalue weighted by atomic mass is 10.1. The number of aryl methyl sites for hydroxylation is 1. The van der Waals surface area contributed by atoms with E-state index in [0.717, 1.165) is 24.7 Å². The van der Waals surface area contributed by atoms with Crippen molar-refractivity contribution in [3.05, 3.63) is 20.8 Å². The zero-order chi connectivity index (χ0) is 14.1. The summed E-state index contributed by atoms with van der Waals surface area (Å²) in [5, 5.41) is 15.7. The minimum absolute atomic E-state index is 0.102. The highest BCUT2D eigenvalue weighted by molar-refractivity contribution is 9.10. The van der Waals surface area contributed by atoms with E-state index in [2.05, 4.69) is 37.0 Å². The maximum absolute atomic E-state index is 10.6. The van der Waals surface area contributed by atoms with E-state index >= 15 is 0 Å². The van der Waals surface area contributed by atoms with Crippen LogP contribution in [0.2, 0.25) is 0 Å². The van der Waals surface area contributed by atoms with Crippen LogP contribution in [0.4, 0.5) is 5.82 Å². The van der Waals surface area contributed by atoms with Crippen LogP contribution >= 0.6 is 31.9 Å². The largest absolute Gasteiger partial charge is 0.404 e. The molecular formula is C12H19Br2N3O2. The molecule has 0 aliphatic carbocycles.